The molecular formula is C29H23NO3. The Kier molecular flexibility index (Phi) is 6.24. The topological polar surface area (TPSA) is 70.3 Å². The van der Waals surface area contributed by atoms with Gasteiger partial charge in [-0.1, -0.05) is 72.8 Å². The molecular weight excluding hydrogens is 410 g/mol. The standard InChI is InChI=1S/C29H23NO3/c1-2-17-29(20-30,23-10-8-13-25(19-23)33-24-11-4-3-5-12-24)28-22(18-27(31)32)16-15-21-9-6-7-14-26(21)28/h2-16,19H,1,17-18H2,(H,31,32). The molecule has 0 aliphatic heterocycles. The van der Waals surface area contributed by atoms with Gasteiger partial charge in [-0.25, -0.2) is 0 Å². The lowest BCUT2D eigenvalue weighted by molar-refractivity contribution is -0.136. The van der Waals surface area contributed by atoms with Crippen molar-refractivity contribution in [2.75, 3.05) is 0 Å². The van der Waals surface area contributed by atoms with E-state index in [2.05, 4.69) is 12.6 Å². The molecule has 0 aromatic heterocycles. The molecule has 0 aliphatic rings. The molecule has 4 aromatic carbocycles. The summed E-state index contributed by atoms with van der Waals surface area (Å²) in [6.07, 6.45) is 1.85. The van der Waals surface area contributed by atoms with Crippen LogP contribution in [0.4, 0.5) is 0 Å². The molecule has 0 radical (unpaired) electrons. The van der Waals surface area contributed by atoms with Crippen LogP contribution in [0, 0.1) is 11.3 Å². The van der Waals surface area contributed by atoms with Crippen LogP contribution in [0.2, 0.25) is 0 Å². The second-order valence-electron chi connectivity index (χ2n) is 7.84. The summed E-state index contributed by atoms with van der Waals surface area (Å²) in [6, 6.07) is 30.8. The van der Waals surface area contributed by atoms with Gasteiger partial charge in [-0.3, -0.25) is 4.79 Å². The van der Waals surface area contributed by atoms with E-state index < -0.39 is 11.4 Å². The molecule has 4 aromatic rings. The fourth-order valence-corrected chi connectivity index (χ4v) is 4.33. The van der Waals surface area contributed by atoms with E-state index in [-0.39, 0.29) is 6.42 Å². The van der Waals surface area contributed by atoms with Crippen LogP contribution >= 0.6 is 0 Å². The largest absolute Gasteiger partial charge is 0.481 e. The second-order valence-corrected chi connectivity index (χ2v) is 7.84. The third-order valence-electron chi connectivity index (χ3n) is 5.73. The van der Waals surface area contributed by atoms with E-state index in [0.717, 1.165) is 16.3 Å². The van der Waals surface area contributed by atoms with Crippen molar-refractivity contribution in [3.05, 3.63) is 120 Å². The number of nitriles is 1. The molecule has 0 saturated carbocycles. The van der Waals surface area contributed by atoms with Crippen LogP contribution in [0.1, 0.15) is 23.1 Å². The quantitative estimate of drug-likeness (QED) is 0.316. The van der Waals surface area contributed by atoms with Gasteiger partial charge >= 0.3 is 5.97 Å². The molecule has 0 amide bonds. The lowest BCUT2D eigenvalue weighted by atomic mass is 9.69. The van der Waals surface area contributed by atoms with Crippen LogP contribution in [0.25, 0.3) is 10.8 Å². The number of fused-ring (bicyclic) bond motifs is 1. The number of para-hydroxylation sites is 1. The number of ether oxygens (including phenoxy) is 1. The summed E-state index contributed by atoms with van der Waals surface area (Å²) in [5.74, 6) is 0.346. The number of benzene rings is 4. The molecule has 1 N–H and O–H groups in total. The second kappa shape index (κ2) is 9.42. The van der Waals surface area contributed by atoms with E-state index in [1.54, 1.807) is 6.08 Å². The van der Waals surface area contributed by atoms with Crippen LogP contribution < -0.4 is 4.74 Å². The average Bonchev–Trinajstić information content (AvgIpc) is 2.83. The van der Waals surface area contributed by atoms with Crippen LogP contribution in [0.5, 0.6) is 11.5 Å². The highest BCUT2D eigenvalue weighted by atomic mass is 16.5. The number of hydrogen-bond acceptors (Lipinski definition) is 3. The van der Waals surface area contributed by atoms with E-state index in [9.17, 15) is 15.2 Å². The maximum absolute atomic E-state index is 11.7. The van der Waals surface area contributed by atoms with Gasteiger partial charge in [-0.2, -0.15) is 5.26 Å². The first kappa shape index (κ1) is 21.9. The zero-order valence-electron chi connectivity index (χ0n) is 18.1. The number of aliphatic carboxylic acids is 1. The first-order chi connectivity index (χ1) is 16.1. The third kappa shape index (κ3) is 4.35. The molecule has 33 heavy (non-hydrogen) atoms. The van der Waals surface area contributed by atoms with Gasteiger partial charge in [-0.15, -0.1) is 6.58 Å². The van der Waals surface area contributed by atoms with E-state index in [0.29, 0.717) is 29.0 Å². The van der Waals surface area contributed by atoms with Crippen molar-refractivity contribution in [3.8, 4) is 17.6 Å². The van der Waals surface area contributed by atoms with Crippen LogP contribution in [-0.2, 0) is 16.6 Å². The van der Waals surface area contributed by atoms with Gasteiger partial charge in [0.2, 0.25) is 0 Å². The fourth-order valence-electron chi connectivity index (χ4n) is 4.33. The number of rotatable bonds is 8. The van der Waals surface area contributed by atoms with Crippen molar-refractivity contribution < 1.29 is 14.6 Å². The Morgan fingerprint density at radius 1 is 0.970 bits per heavy atom. The molecule has 0 heterocycles. The van der Waals surface area contributed by atoms with Gasteiger partial charge in [0, 0.05) is 0 Å². The van der Waals surface area contributed by atoms with Crippen molar-refractivity contribution in [3.63, 3.8) is 0 Å². The first-order valence-electron chi connectivity index (χ1n) is 10.7. The van der Waals surface area contributed by atoms with Gasteiger partial charge in [-0.05, 0) is 58.1 Å². The van der Waals surface area contributed by atoms with Gasteiger partial charge < -0.3 is 9.84 Å². The first-order valence-corrected chi connectivity index (χ1v) is 10.7. The Morgan fingerprint density at radius 3 is 2.42 bits per heavy atom. The van der Waals surface area contributed by atoms with E-state index in [1.165, 1.54) is 0 Å². The highest BCUT2D eigenvalue weighted by Gasteiger charge is 2.37. The number of hydrogen-bond donors (Lipinski definition) is 1. The number of allylic oxidation sites excluding steroid dienone is 1. The lowest BCUT2D eigenvalue weighted by Gasteiger charge is -2.30. The van der Waals surface area contributed by atoms with Crippen molar-refractivity contribution in [2.45, 2.75) is 18.3 Å². The predicted octanol–water partition coefficient (Wildman–Crippen LogP) is 6.64. The summed E-state index contributed by atoms with van der Waals surface area (Å²) in [5, 5.41) is 22.0. The summed E-state index contributed by atoms with van der Waals surface area (Å²) in [5.41, 5.74) is 0.895. The summed E-state index contributed by atoms with van der Waals surface area (Å²) in [6.45, 7) is 3.91. The Bertz CT molecular complexity index is 1350. The van der Waals surface area contributed by atoms with Crippen LogP contribution in [0.15, 0.2) is 104 Å². The van der Waals surface area contributed by atoms with Gasteiger partial charge in [0.15, 0.2) is 0 Å². The molecule has 0 saturated heterocycles. The molecule has 0 spiro atoms. The minimum absolute atomic E-state index is 0.180. The lowest BCUT2D eigenvalue weighted by Crippen LogP contribution is -2.28. The molecule has 1 atom stereocenters. The van der Waals surface area contributed by atoms with Crippen molar-refractivity contribution in [1.29, 1.82) is 5.26 Å². The molecule has 162 valence electrons. The van der Waals surface area contributed by atoms with Crippen LogP contribution in [-0.4, -0.2) is 11.1 Å². The summed E-state index contributed by atoms with van der Waals surface area (Å²) in [4.78, 5) is 11.7. The number of carbonyl (C=O) groups is 1. The summed E-state index contributed by atoms with van der Waals surface area (Å²) >= 11 is 0. The highest BCUT2D eigenvalue weighted by molar-refractivity contribution is 5.90. The van der Waals surface area contributed by atoms with Crippen molar-refractivity contribution >= 4 is 16.7 Å². The van der Waals surface area contributed by atoms with Gasteiger partial charge in [0.1, 0.15) is 16.9 Å². The Hall–Kier alpha value is -4.36. The SMILES string of the molecule is C=CCC(C#N)(c1cccc(Oc2ccccc2)c1)c1c(CC(=O)O)ccc2ccccc12. The number of nitrogens with zero attached hydrogens (tertiary/aromatic N) is 1. The van der Waals surface area contributed by atoms with E-state index in [1.807, 2.05) is 91.0 Å². The highest BCUT2D eigenvalue weighted by Crippen LogP contribution is 2.43. The van der Waals surface area contributed by atoms with Gasteiger partial charge in [0.25, 0.3) is 0 Å². The fraction of sp³-hybridized carbons (Fsp3) is 0.103. The maximum Gasteiger partial charge on any atom is 0.307 e. The monoisotopic (exact) mass is 433 g/mol. The molecule has 0 bridgehead atoms. The maximum atomic E-state index is 11.7. The average molecular weight is 434 g/mol. The normalized spacial score (nSPS) is 12.5. The minimum atomic E-state index is -1.14. The Balaban J connectivity index is 1.95. The van der Waals surface area contributed by atoms with Crippen molar-refractivity contribution in [2.24, 2.45) is 0 Å². The van der Waals surface area contributed by atoms with E-state index in [4.69, 9.17) is 4.74 Å². The zero-order chi connectivity index (χ0) is 23.3. The van der Waals surface area contributed by atoms with Crippen molar-refractivity contribution in [1.82, 2.24) is 0 Å². The summed E-state index contributed by atoms with van der Waals surface area (Å²) < 4.78 is 6.03. The molecule has 4 nitrogen and oxygen atoms in total. The number of carboxylic acid groups (broad SMARTS) is 1. The van der Waals surface area contributed by atoms with Crippen LogP contribution in [0.3, 0.4) is 0 Å². The molecule has 0 aliphatic carbocycles. The molecule has 4 heteroatoms. The third-order valence-corrected chi connectivity index (χ3v) is 5.73. The molecule has 0 fully saturated rings. The summed E-state index contributed by atoms with van der Waals surface area (Å²) in [7, 11) is 0. The Morgan fingerprint density at radius 2 is 1.70 bits per heavy atom. The molecule has 1 unspecified atom stereocenters. The number of carboxylic acids is 1. The van der Waals surface area contributed by atoms with E-state index >= 15 is 0 Å². The smallest absolute Gasteiger partial charge is 0.307 e. The zero-order valence-corrected chi connectivity index (χ0v) is 18.1. The molecule has 4 rings (SSSR count). The predicted molar refractivity (Wildman–Crippen MR) is 129 cm³/mol. The Labute approximate surface area is 193 Å². The van der Waals surface area contributed by atoms with Gasteiger partial charge in [0.05, 0.1) is 12.5 Å². The minimum Gasteiger partial charge on any atom is -0.481 e.